The van der Waals surface area contributed by atoms with Crippen molar-refractivity contribution in [3.8, 4) is 0 Å². The number of thioether (sulfide) groups is 1. The molecule has 24 heavy (non-hydrogen) atoms. The topological polar surface area (TPSA) is 52.7 Å². The van der Waals surface area contributed by atoms with Gasteiger partial charge in [0.15, 0.2) is 0 Å². The molecule has 0 spiro atoms. The highest BCUT2D eigenvalue weighted by molar-refractivity contribution is 7.98. The third-order valence-electron chi connectivity index (χ3n) is 5.22. The number of carbonyl (C=O) groups is 2. The first-order valence-corrected chi connectivity index (χ1v) is 10.7. The van der Waals surface area contributed by atoms with Gasteiger partial charge in [0.1, 0.15) is 0 Å². The van der Waals surface area contributed by atoms with E-state index in [1.54, 1.807) is 4.90 Å². The maximum atomic E-state index is 12.4. The third kappa shape index (κ3) is 5.66. The van der Waals surface area contributed by atoms with Crippen molar-refractivity contribution in [2.24, 2.45) is 11.8 Å². The number of nitrogens with one attached hydrogen (secondary N) is 1. The summed E-state index contributed by atoms with van der Waals surface area (Å²) in [5, 5.41) is 3.22. The number of nitrogens with zero attached hydrogens (tertiary/aromatic N) is 2. The molecule has 0 aliphatic carbocycles. The van der Waals surface area contributed by atoms with Crippen LogP contribution < -0.4 is 5.32 Å². The Labute approximate surface area is 150 Å². The lowest BCUT2D eigenvalue weighted by Gasteiger charge is -2.28. The van der Waals surface area contributed by atoms with Crippen LogP contribution in [0.2, 0.25) is 0 Å². The van der Waals surface area contributed by atoms with Crippen LogP contribution in [0.5, 0.6) is 0 Å². The highest BCUT2D eigenvalue weighted by Crippen LogP contribution is 2.24. The van der Waals surface area contributed by atoms with Gasteiger partial charge >= 0.3 is 0 Å². The smallest absolute Gasteiger partial charge is 0.239 e. The van der Waals surface area contributed by atoms with E-state index in [0.29, 0.717) is 18.3 Å². The molecule has 0 saturated carbocycles. The van der Waals surface area contributed by atoms with E-state index in [-0.39, 0.29) is 24.4 Å². The van der Waals surface area contributed by atoms with Crippen LogP contribution in [0, 0.1) is 11.8 Å². The second-order valence-corrected chi connectivity index (χ2v) is 8.45. The van der Waals surface area contributed by atoms with Crippen LogP contribution in [0.25, 0.3) is 0 Å². The molecule has 0 bridgehead atoms. The van der Waals surface area contributed by atoms with Gasteiger partial charge in [0.05, 0.1) is 6.54 Å². The third-order valence-corrected chi connectivity index (χ3v) is 5.92. The molecule has 0 unspecified atom stereocenters. The van der Waals surface area contributed by atoms with Crippen molar-refractivity contribution in [2.45, 2.75) is 45.6 Å². The number of piperidine rings is 1. The molecule has 0 aromatic rings. The zero-order valence-electron chi connectivity index (χ0n) is 15.4. The van der Waals surface area contributed by atoms with Gasteiger partial charge in [-0.3, -0.25) is 9.59 Å². The van der Waals surface area contributed by atoms with Crippen molar-refractivity contribution in [1.29, 1.82) is 0 Å². The quantitative estimate of drug-likeness (QED) is 0.675. The summed E-state index contributed by atoms with van der Waals surface area (Å²) >= 11 is 1.89. The maximum absolute atomic E-state index is 12.4. The summed E-state index contributed by atoms with van der Waals surface area (Å²) in [5.74, 6) is 2.38. The van der Waals surface area contributed by atoms with E-state index in [1.807, 2.05) is 11.8 Å². The Morgan fingerprint density at radius 3 is 2.79 bits per heavy atom. The molecule has 6 heteroatoms. The molecular formula is C18H33N3O2S. The van der Waals surface area contributed by atoms with Gasteiger partial charge in [-0.05, 0) is 49.7 Å². The van der Waals surface area contributed by atoms with Crippen molar-refractivity contribution in [3.05, 3.63) is 0 Å². The van der Waals surface area contributed by atoms with Gasteiger partial charge < -0.3 is 15.1 Å². The fourth-order valence-electron chi connectivity index (χ4n) is 3.81. The summed E-state index contributed by atoms with van der Waals surface area (Å²) in [6, 6.07) is 0.215. The van der Waals surface area contributed by atoms with Crippen LogP contribution in [0.1, 0.15) is 39.5 Å². The number of rotatable bonds is 8. The zero-order valence-corrected chi connectivity index (χ0v) is 16.2. The highest BCUT2D eigenvalue weighted by Gasteiger charge is 2.35. The van der Waals surface area contributed by atoms with Gasteiger partial charge in [0.25, 0.3) is 0 Å². The molecule has 2 heterocycles. The first-order valence-electron chi connectivity index (χ1n) is 9.29. The Morgan fingerprint density at radius 1 is 1.33 bits per heavy atom. The molecule has 138 valence electrons. The number of likely N-dealkylation sites (tertiary alicyclic amines) is 2. The normalized spacial score (nSPS) is 25.5. The van der Waals surface area contributed by atoms with Crippen LogP contribution >= 0.6 is 11.8 Å². The molecule has 0 aromatic carbocycles. The average Bonchev–Trinajstić information content (AvgIpc) is 2.93. The molecule has 1 N–H and O–H groups in total. The van der Waals surface area contributed by atoms with E-state index in [4.69, 9.17) is 0 Å². The molecule has 2 saturated heterocycles. The van der Waals surface area contributed by atoms with Crippen molar-refractivity contribution < 1.29 is 9.59 Å². The largest absolute Gasteiger partial charge is 0.350 e. The van der Waals surface area contributed by atoms with Gasteiger partial charge in [-0.15, -0.1) is 0 Å². The monoisotopic (exact) mass is 355 g/mol. The summed E-state index contributed by atoms with van der Waals surface area (Å²) in [7, 11) is 0. The van der Waals surface area contributed by atoms with Crippen LogP contribution in [0.4, 0.5) is 0 Å². The van der Waals surface area contributed by atoms with E-state index >= 15 is 0 Å². The van der Waals surface area contributed by atoms with Gasteiger partial charge in [0, 0.05) is 32.1 Å². The summed E-state index contributed by atoms with van der Waals surface area (Å²) in [6.07, 6.45) is 5.91. The van der Waals surface area contributed by atoms with E-state index in [9.17, 15) is 9.59 Å². The fraction of sp³-hybridized carbons (Fsp3) is 0.889. The number of carbonyl (C=O) groups excluding carboxylic acids is 2. The average molecular weight is 356 g/mol. The number of amides is 2. The SMILES string of the molecule is CSCCCN1C[C@H](NC(=O)CN2CCCCC2=O)[C@@H](C(C)C)C1. The minimum absolute atomic E-state index is 0.00636. The van der Waals surface area contributed by atoms with Crippen LogP contribution in [-0.4, -0.2) is 72.4 Å². The van der Waals surface area contributed by atoms with Crippen molar-refractivity contribution in [2.75, 3.05) is 44.7 Å². The first-order chi connectivity index (χ1) is 11.5. The van der Waals surface area contributed by atoms with Crippen molar-refractivity contribution in [3.63, 3.8) is 0 Å². The van der Waals surface area contributed by atoms with E-state index in [1.165, 1.54) is 12.2 Å². The summed E-state index contributed by atoms with van der Waals surface area (Å²) in [5.41, 5.74) is 0. The second-order valence-electron chi connectivity index (χ2n) is 7.46. The molecule has 5 nitrogen and oxygen atoms in total. The zero-order chi connectivity index (χ0) is 17.5. The molecule has 2 fully saturated rings. The van der Waals surface area contributed by atoms with E-state index in [2.05, 4.69) is 30.3 Å². The van der Waals surface area contributed by atoms with Gasteiger partial charge in [-0.1, -0.05) is 13.8 Å². The van der Waals surface area contributed by atoms with Crippen LogP contribution in [0.3, 0.4) is 0 Å². The van der Waals surface area contributed by atoms with E-state index in [0.717, 1.165) is 39.0 Å². The van der Waals surface area contributed by atoms with Gasteiger partial charge in [-0.25, -0.2) is 0 Å². The number of hydrogen-bond acceptors (Lipinski definition) is 4. The Hall–Kier alpha value is -0.750. The summed E-state index contributed by atoms with van der Waals surface area (Å²) < 4.78 is 0. The summed E-state index contributed by atoms with van der Waals surface area (Å²) in [4.78, 5) is 28.5. The predicted molar refractivity (Wildman–Crippen MR) is 100 cm³/mol. The minimum Gasteiger partial charge on any atom is -0.350 e. The molecule has 2 rings (SSSR count). The molecule has 2 amide bonds. The molecule has 2 atom stereocenters. The van der Waals surface area contributed by atoms with Gasteiger partial charge in [0.2, 0.25) is 11.8 Å². The number of hydrogen-bond donors (Lipinski definition) is 1. The predicted octanol–water partition coefficient (Wildman–Crippen LogP) is 1.82. The maximum Gasteiger partial charge on any atom is 0.239 e. The summed E-state index contributed by atoms with van der Waals surface area (Å²) in [6.45, 7) is 8.56. The van der Waals surface area contributed by atoms with E-state index < -0.39 is 0 Å². The Morgan fingerprint density at radius 2 is 2.12 bits per heavy atom. The Balaban J connectivity index is 1.83. The minimum atomic E-state index is 0.00636. The molecule has 2 aliphatic heterocycles. The standard InChI is InChI=1S/C18H33N3O2S/c1-14(2)15-11-20(8-6-10-24-3)12-16(15)19-17(22)13-21-9-5-4-7-18(21)23/h14-16H,4-13H2,1-3H3,(H,19,22)/t15-,16+/m1/s1. The molecular weight excluding hydrogens is 322 g/mol. The highest BCUT2D eigenvalue weighted by atomic mass is 32.2. The lowest BCUT2D eigenvalue weighted by molar-refractivity contribution is -0.138. The lowest BCUT2D eigenvalue weighted by Crippen LogP contribution is -2.48. The van der Waals surface area contributed by atoms with Crippen molar-refractivity contribution >= 4 is 23.6 Å². The first kappa shape index (κ1) is 19.6. The Kier molecular flexibility index (Phi) is 7.88. The van der Waals surface area contributed by atoms with Crippen LogP contribution in [0.15, 0.2) is 0 Å². The lowest BCUT2D eigenvalue weighted by atomic mass is 9.91. The Bertz CT molecular complexity index is 430. The molecule has 2 aliphatic rings. The molecule has 0 aromatic heterocycles. The van der Waals surface area contributed by atoms with Crippen LogP contribution in [-0.2, 0) is 9.59 Å². The molecule has 0 radical (unpaired) electrons. The van der Waals surface area contributed by atoms with Crippen molar-refractivity contribution in [1.82, 2.24) is 15.1 Å². The fourth-order valence-corrected chi connectivity index (χ4v) is 4.23. The van der Waals surface area contributed by atoms with Gasteiger partial charge in [-0.2, -0.15) is 11.8 Å². The second kappa shape index (κ2) is 9.66.